The van der Waals surface area contributed by atoms with Gasteiger partial charge in [0.25, 0.3) is 0 Å². The molecule has 0 saturated carbocycles. The largest absolute Gasteiger partial charge is 0.481 e. The molecule has 0 spiro atoms. The molecule has 0 aromatic carbocycles. The lowest BCUT2D eigenvalue weighted by molar-refractivity contribution is -0.142. The van der Waals surface area contributed by atoms with Gasteiger partial charge < -0.3 is 10.0 Å². The second-order valence-corrected chi connectivity index (χ2v) is 5.03. The molecule has 0 bridgehead atoms. The number of carboxylic acids is 1. The van der Waals surface area contributed by atoms with Gasteiger partial charge in [0, 0.05) is 30.9 Å². The van der Waals surface area contributed by atoms with E-state index in [1.165, 1.54) is 16.7 Å². The van der Waals surface area contributed by atoms with E-state index in [1.807, 2.05) is 12.1 Å². The van der Waals surface area contributed by atoms with Gasteiger partial charge in [-0.1, -0.05) is 6.92 Å². The van der Waals surface area contributed by atoms with Gasteiger partial charge in [-0.05, 0) is 12.1 Å². The molecule has 0 aliphatic carbocycles. The summed E-state index contributed by atoms with van der Waals surface area (Å²) in [5.41, 5.74) is 0. The normalized spacial score (nSPS) is 11.9. The van der Waals surface area contributed by atoms with E-state index in [2.05, 4.69) is 4.98 Å². The Morgan fingerprint density at radius 2 is 2.06 bits per heavy atom. The number of hydrogen-bond acceptors (Lipinski definition) is 4. The highest BCUT2D eigenvalue weighted by atomic mass is 32.2. The van der Waals surface area contributed by atoms with Crippen LogP contribution >= 0.6 is 11.8 Å². The topological polar surface area (TPSA) is 70.5 Å². The molecule has 1 heterocycles. The van der Waals surface area contributed by atoms with Crippen LogP contribution in [0.4, 0.5) is 0 Å². The molecule has 1 N–H and O–H groups in total. The summed E-state index contributed by atoms with van der Waals surface area (Å²) in [5.74, 6) is -1.22. The van der Waals surface area contributed by atoms with E-state index in [9.17, 15) is 9.59 Å². The second kappa shape index (κ2) is 7.00. The van der Waals surface area contributed by atoms with Crippen molar-refractivity contribution in [2.45, 2.75) is 11.8 Å². The summed E-state index contributed by atoms with van der Waals surface area (Å²) in [4.78, 5) is 28.8. The minimum atomic E-state index is -0.892. The number of thioether (sulfide) groups is 1. The monoisotopic (exact) mass is 268 g/mol. The van der Waals surface area contributed by atoms with E-state index in [0.717, 1.165) is 4.90 Å². The van der Waals surface area contributed by atoms with Crippen molar-refractivity contribution in [1.82, 2.24) is 9.88 Å². The number of carbonyl (C=O) groups excluding carboxylic acids is 1. The summed E-state index contributed by atoms with van der Waals surface area (Å²) < 4.78 is 0. The predicted octanol–water partition coefficient (Wildman–Crippen LogP) is 1.35. The van der Waals surface area contributed by atoms with Crippen LogP contribution in [0.25, 0.3) is 0 Å². The van der Waals surface area contributed by atoms with Gasteiger partial charge in [-0.15, -0.1) is 11.8 Å². The first-order valence-electron chi connectivity index (χ1n) is 5.50. The summed E-state index contributed by atoms with van der Waals surface area (Å²) in [6.07, 6.45) is 3.34. The van der Waals surface area contributed by atoms with E-state index < -0.39 is 11.9 Å². The Hall–Kier alpha value is -1.56. The molecule has 18 heavy (non-hydrogen) atoms. The highest BCUT2D eigenvalue weighted by Crippen LogP contribution is 2.16. The molecule has 0 saturated heterocycles. The Balaban J connectivity index is 2.39. The lowest BCUT2D eigenvalue weighted by Crippen LogP contribution is -2.34. The molecule has 0 radical (unpaired) electrons. The molecule has 6 heteroatoms. The van der Waals surface area contributed by atoms with Gasteiger partial charge in [0.15, 0.2) is 0 Å². The van der Waals surface area contributed by atoms with Crippen molar-refractivity contribution in [3.05, 3.63) is 24.5 Å². The van der Waals surface area contributed by atoms with Gasteiger partial charge >= 0.3 is 5.97 Å². The predicted molar refractivity (Wildman–Crippen MR) is 69.4 cm³/mol. The first-order chi connectivity index (χ1) is 8.50. The Bertz CT molecular complexity index is 411. The van der Waals surface area contributed by atoms with Crippen molar-refractivity contribution < 1.29 is 14.7 Å². The van der Waals surface area contributed by atoms with Crippen LogP contribution in [0.2, 0.25) is 0 Å². The zero-order valence-corrected chi connectivity index (χ0v) is 11.2. The molecular weight excluding hydrogens is 252 g/mol. The summed E-state index contributed by atoms with van der Waals surface area (Å²) in [5, 5.41) is 8.77. The first-order valence-corrected chi connectivity index (χ1v) is 6.49. The standard InChI is InChI=1S/C12H16N2O3S/c1-9(12(16)17)7-14(2)11(15)8-18-10-3-5-13-6-4-10/h3-6,9H,7-8H2,1-2H3,(H,16,17). The maximum Gasteiger partial charge on any atom is 0.308 e. The fourth-order valence-corrected chi connectivity index (χ4v) is 2.11. The Kier molecular flexibility index (Phi) is 5.64. The van der Waals surface area contributed by atoms with Gasteiger partial charge in [0.1, 0.15) is 0 Å². The molecule has 98 valence electrons. The van der Waals surface area contributed by atoms with Gasteiger partial charge in [-0.3, -0.25) is 14.6 Å². The summed E-state index contributed by atoms with van der Waals surface area (Å²) in [6.45, 7) is 1.81. The summed E-state index contributed by atoms with van der Waals surface area (Å²) in [6, 6.07) is 3.66. The van der Waals surface area contributed by atoms with Gasteiger partial charge in [-0.25, -0.2) is 0 Å². The fourth-order valence-electron chi connectivity index (χ4n) is 1.28. The Morgan fingerprint density at radius 3 is 2.61 bits per heavy atom. The molecule has 0 fully saturated rings. The molecule has 5 nitrogen and oxygen atoms in total. The summed E-state index contributed by atoms with van der Waals surface area (Å²) >= 11 is 1.41. The number of nitrogens with zero attached hydrogens (tertiary/aromatic N) is 2. The quantitative estimate of drug-likeness (QED) is 0.789. The number of aromatic nitrogens is 1. The van der Waals surface area contributed by atoms with Crippen molar-refractivity contribution in [3.63, 3.8) is 0 Å². The maximum atomic E-state index is 11.8. The van der Waals surface area contributed by atoms with Crippen molar-refractivity contribution >= 4 is 23.6 Å². The van der Waals surface area contributed by atoms with Crippen LogP contribution < -0.4 is 0 Å². The zero-order valence-electron chi connectivity index (χ0n) is 10.4. The van der Waals surface area contributed by atoms with Crippen LogP contribution in [0.3, 0.4) is 0 Å². The van der Waals surface area contributed by atoms with Gasteiger partial charge in [0.2, 0.25) is 5.91 Å². The molecule has 0 aliphatic rings. The molecule has 1 rings (SSSR count). The van der Waals surface area contributed by atoms with E-state index in [4.69, 9.17) is 5.11 Å². The third kappa shape index (κ3) is 4.75. The van der Waals surface area contributed by atoms with Crippen LogP contribution in [0.1, 0.15) is 6.92 Å². The Morgan fingerprint density at radius 1 is 1.44 bits per heavy atom. The molecular formula is C12H16N2O3S. The lowest BCUT2D eigenvalue weighted by Gasteiger charge is -2.19. The van der Waals surface area contributed by atoms with E-state index in [0.29, 0.717) is 5.75 Å². The van der Waals surface area contributed by atoms with Crippen molar-refractivity contribution in [3.8, 4) is 0 Å². The number of pyridine rings is 1. The molecule has 1 aromatic heterocycles. The van der Waals surface area contributed by atoms with E-state index in [-0.39, 0.29) is 12.5 Å². The van der Waals surface area contributed by atoms with Gasteiger partial charge in [-0.2, -0.15) is 0 Å². The van der Waals surface area contributed by atoms with Gasteiger partial charge in [0.05, 0.1) is 11.7 Å². The third-order valence-electron chi connectivity index (χ3n) is 2.41. The van der Waals surface area contributed by atoms with Crippen molar-refractivity contribution in [2.75, 3.05) is 19.3 Å². The number of carbonyl (C=O) groups is 2. The van der Waals surface area contributed by atoms with Crippen LogP contribution in [0.15, 0.2) is 29.4 Å². The fraction of sp³-hybridized carbons (Fsp3) is 0.417. The average Bonchev–Trinajstić information content (AvgIpc) is 2.36. The lowest BCUT2D eigenvalue weighted by atomic mass is 10.2. The van der Waals surface area contributed by atoms with Crippen molar-refractivity contribution in [1.29, 1.82) is 0 Å². The number of hydrogen-bond donors (Lipinski definition) is 1. The third-order valence-corrected chi connectivity index (χ3v) is 3.40. The molecule has 1 unspecified atom stereocenters. The molecule has 1 aromatic rings. The summed E-state index contributed by atoms with van der Waals surface area (Å²) in [7, 11) is 1.62. The SMILES string of the molecule is CC(CN(C)C(=O)CSc1ccncc1)C(=O)O. The van der Waals surface area contributed by atoms with Crippen LogP contribution in [-0.4, -0.2) is 46.2 Å². The van der Waals surface area contributed by atoms with Crippen LogP contribution in [0.5, 0.6) is 0 Å². The minimum absolute atomic E-state index is 0.0788. The molecule has 1 atom stereocenters. The Labute approximate surface area is 110 Å². The van der Waals surface area contributed by atoms with E-state index >= 15 is 0 Å². The number of aliphatic carboxylic acids is 1. The highest BCUT2D eigenvalue weighted by Gasteiger charge is 2.17. The van der Waals surface area contributed by atoms with Crippen LogP contribution in [0, 0.1) is 5.92 Å². The average molecular weight is 268 g/mol. The maximum absolute atomic E-state index is 11.8. The molecule has 0 aliphatic heterocycles. The van der Waals surface area contributed by atoms with E-state index in [1.54, 1.807) is 26.4 Å². The van der Waals surface area contributed by atoms with Crippen molar-refractivity contribution in [2.24, 2.45) is 5.92 Å². The minimum Gasteiger partial charge on any atom is -0.481 e. The molecule has 1 amide bonds. The zero-order chi connectivity index (χ0) is 13.5. The smallest absolute Gasteiger partial charge is 0.308 e. The number of amides is 1. The number of rotatable bonds is 6. The highest BCUT2D eigenvalue weighted by molar-refractivity contribution is 8.00. The second-order valence-electron chi connectivity index (χ2n) is 3.99. The van der Waals surface area contributed by atoms with Crippen LogP contribution in [-0.2, 0) is 9.59 Å². The number of carboxylic acid groups (broad SMARTS) is 1. The first kappa shape index (κ1) is 14.5.